The fourth-order valence-electron chi connectivity index (χ4n) is 8.99. The number of hydrogen-bond acceptors (Lipinski definition) is 12. The molecule has 5 amide bonds. The predicted molar refractivity (Wildman–Crippen MR) is 274 cm³/mol. The highest BCUT2D eigenvalue weighted by Crippen LogP contribution is 2.47. The van der Waals surface area contributed by atoms with Gasteiger partial charge in [0, 0.05) is 55.5 Å². The molecule has 1 aliphatic heterocycles. The molecule has 18 heteroatoms. The Bertz CT molecular complexity index is 2300. The number of halogens is 1. The van der Waals surface area contributed by atoms with Crippen molar-refractivity contribution in [1.29, 1.82) is 0 Å². The highest BCUT2D eigenvalue weighted by Gasteiger charge is 2.37. The van der Waals surface area contributed by atoms with Crippen LogP contribution in [0.1, 0.15) is 102 Å². The second kappa shape index (κ2) is 30.7. The second-order valence-electron chi connectivity index (χ2n) is 18.2. The number of Topliss-reactive ketones (excluding diaryl/α,β-unsaturated/α-hetero) is 1. The van der Waals surface area contributed by atoms with Crippen LogP contribution in [0.25, 0.3) is 5.57 Å². The molecule has 0 radical (unpaired) electrons. The van der Waals surface area contributed by atoms with Gasteiger partial charge in [0.15, 0.2) is 5.78 Å². The van der Waals surface area contributed by atoms with Gasteiger partial charge >= 0.3 is 0 Å². The maximum atomic E-state index is 15.5. The number of carbonyl (C=O) groups is 7. The number of hydrogen-bond donors (Lipinski definition) is 7. The molecule has 0 saturated heterocycles. The van der Waals surface area contributed by atoms with E-state index in [-0.39, 0.29) is 63.2 Å². The average molecular weight is 1000 g/mol. The van der Waals surface area contributed by atoms with E-state index in [1.807, 2.05) is 32.9 Å². The van der Waals surface area contributed by atoms with Gasteiger partial charge in [-0.2, -0.15) is 0 Å². The van der Waals surface area contributed by atoms with E-state index in [4.69, 9.17) is 14.2 Å². The molecule has 17 nitrogen and oxygen atoms in total. The summed E-state index contributed by atoms with van der Waals surface area (Å²) in [6.45, 7) is 11.0. The minimum atomic E-state index is -1.07. The molecular weight excluding hydrogens is 926 g/mol. The molecule has 4 rings (SSSR count). The van der Waals surface area contributed by atoms with E-state index in [0.29, 0.717) is 54.8 Å². The Morgan fingerprint density at radius 3 is 2.25 bits per heavy atom. The molecule has 7 N–H and O–H groups in total. The molecule has 1 aliphatic carbocycles. The van der Waals surface area contributed by atoms with E-state index in [1.165, 1.54) is 14.0 Å². The van der Waals surface area contributed by atoms with Gasteiger partial charge in [0.05, 0.1) is 38.9 Å². The molecule has 4 atom stereocenters. The molecule has 4 unspecified atom stereocenters. The van der Waals surface area contributed by atoms with Crippen molar-refractivity contribution in [2.75, 3.05) is 71.8 Å². The summed E-state index contributed by atoms with van der Waals surface area (Å²) in [4.78, 5) is 88.6. The number of ketones is 1. The number of nitrogens with one attached hydrogen (secondary N) is 7. The minimum absolute atomic E-state index is 0.0637. The quantitative estimate of drug-likeness (QED) is 0.0177. The van der Waals surface area contributed by atoms with Crippen molar-refractivity contribution in [3.63, 3.8) is 0 Å². The van der Waals surface area contributed by atoms with E-state index in [2.05, 4.69) is 51.1 Å². The molecule has 0 aromatic heterocycles. The van der Waals surface area contributed by atoms with Crippen LogP contribution < -0.4 is 37.2 Å². The Hall–Kier alpha value is -6.08. The maximum absolute atomic E-state index is 15.5. The minimum Gasteiger partial charge on any atom is -0.380 e. The Labute approximate surface area is 423 Å². The lowest BCUT2D eigenvalue weighted by molar-refractivity contribution is -0.131. The molecule has 2 aliphatic rings. The number of carbonyl (C=O) groups excluding carboxylic acids is 7. The van der Waals surface area contributed by atoms with Gasteiger partial charge < -0.3 is 56.2 Å². The highest BCUT2D eigenvalue weighted by molar-refractivity contribution is 5.96. The van der Waals surface area contributed by atoms with Crippen molar-refractivity contribution in [2.24, 2.45) is 5.92 Å². The summed E-state index contributed by atoms with van der Waals surface area (Å²) in [7, 11) is 1.51. The van der Waals surface area contributed by atoms with Crippen LogP contribution in [-0.4, -0.2) is 126 Å². The van der Waals surface area contributed by atoms with Gasteiger partial charge in [-0.15, -0.1) is 0 Å². The number of aldehydes is 1. The summed E-state index contributed by atoms with van der Waals surface area (Å²) < 4.78 is 32.0. The maximum Gasteiger partial charge on any atom is 0.246 e. The zero-order valence-corrected chi connectivity index (χ0v) is 43.1. The lowest BCUT2D eigenvalue weighted by atomic mass is 9.73. The van der Waals surface area contributed by atoms with Gasteiger partial charge in [-0.25, -0.2) is 4.39 Å². The van der Waals surface area contributed by atoms with Gasteiger partial charge in [-0.05, 0) is 97.9 Å². The van der Waals surface area contributed by atoms with Crippen molar-refractivity contribution in [3.8, 4) is 0 Å². The zero-order chi connectivity index (χ0) is 52.6. The fourth-order valence-corrected chi connectivity index (χ4v) is 8.99. The summed E-state index contributed by atoms with van der Waals surface area (Å²) in [6.07, 6.45) is 9.19. The first-order chi connectivity index (χ1) is 34.7. The number of rotatable bonds is 32. The molecule has 0 spiro atoms. The predicted octanol–water partition coefficient (Wildman–Crippen LogP) is 4.46. The van der Waals surface area contributed by atoms with Gasteiger partial charge in [0.1, 0.15) is 31.5 Å². The first kappa shape index (κ1) is 58.5. The largest absolute Gasteiger partial charge is 0.380 e. The summed E-state index contributed by atoms with van der Waals surface area (Å²) in [5.41, 5.74) is 8.18. The van der Waals surface area contributed by atoms with E-state index in [9.17, 15) is 33.6 Å². The van der Waals surface area contributed by atoms with E-state index in [1.54, 1.807) is 30.3 Å². The van der Waals surface area contributed by atoms with Crippen LogP contribution >= 0.6 is 0 Å². The molecule has 0 bridgehead atoms. The summed E-state index contributed by atoms with van der Waals surface area (Å²) in [6, 6.07) is 9.02. The zero-order valence-electron chi connectivity index (χ0n) is 43.1. The van der Waals surface area contributed by atoms with Crippen molar-refractivity contribution in [3.05, 3.63) is 92.8 Å². The van der Waals surface area contributed by atoms with Crippen LogP contribution in [0.3, 0.4) is 0 Å². The second-order valence-corrected chi connectivity index (χ2v) is 18.2. The van der Waals surface area contributed by atoms with Crippen molar-refractivity contribution >= 4 is 52.9 Å². The van der Waals surface area contributed by atoms with Gasteiger partial charge in [-0.3, -0.25) is 28.8 Å². The normalized spacial score (nSPS) is 16.3. The van der Waals surface area contributed by atoms with Gasteiger partial charge in [0.25, 0.3) is 0 Å². The monoisotopic (exact) mass is 1000 g/mol. The lowest BCUT2D eigenvalue weighted by Crippen LogP contribution is -2.52. The number of benzene rings is 2. The molecule has 0 fully saturated rings. The molecule has 2 aromatic carbocycles. The van der Waals surface area contributed by atoms with E-state index >= 15 is 4.39 Å². The number of methoxy groups -OCH3 is 1. The highest BCUT2D eigenvalue weighted by atomic mass is 19.1. The fraction of sp³-hybridized carbons (Fsp3) is 0.537. The van der Waals surface area contributed by atoms with Crippen LogP contribution in [0.15, 0.2) is 64.8 Å². The van der Waals surface area contributed by atoms with Crippen LogP contribution in [0.4, 0.5) is 10.1 Å². The Morgan fingerprint density at radius 2 is 1.57 bits per heavy atom. The number of allylic oxidation sites excluding steroid dienone is 2. The molecule has 72 heavy (non-hydrogen) atoms. The molecule has 2 aromatic rings. The van der Waals surface area contributed by atoms with Crippen LogP contribution in [-0.2, 0) is 60.6 Å². The van der Waals surface area contributed by atoms with Gasteiger partial charge in [0.2, 0.25) is 29.5 Å². The number of amides is 5. The Balaban J connectivity index is 1.35. The summed E-state index contributed by atoms with van der Waals surface area (Å²) in [5.74, 6) is -3.82. The number of unbranched alkanes of at least 4 members (excludes halogenated alkanes) is 2. The van der Waals surface area contributed by atoms with E-state index in [0.717, 1.165) is 71.8 Å². The Kier molecular flexibility index (Phi) is 25.0. The SMILES string of the molecule is CCCCCOCC(=O)NCC(=O)NCC(=O)NC(Cc1ccccc1)C(=O)NCC(=O)NCOCCNC1CCc2c(C)c(F)cc3c2C1=C(CCC)C(/C(C)=C/C(=C(/COC)C(C)=O)C(C=O)CC)N3. The summed E-state index contributed by atoms with van der Waals surface area (Å²) in [5, 5.41) is 20.0. The molecule has 0 saturated carbocycles. The summed E-state index contributed by atoms with van der Waals surface area (Å²) >= 11 is 0. The molecular formula is C54H76FN7O10. The third-order valence-electron chi connectivity index (χ3n) is 12.8. The third-order valence-corrected chi connectivity index (χ3v) is 12.8. The average Bonchev–Trinajstić information content (AvgIpc) is 3.36. The first-order valence-corrected chi connectivity index (χ1v) is 25.2. The van der Waals surface area contributed by atoms with Crippen LogP contribution in [0.2, 0.25) is 0 Å². The van der Waals surface area contributed by atoms with Crippen LogP contribution in [0.5, 0.6) is 0 Å². The van der Waals surface area contributed by atoms with E-state index < -0.39 is 54.6 Å². The third kappa shape index (κ3) is 17.6. The Morgan fingerprint density at radius 1 is 0.861 bits per heavy atom. The smallest absolute Gasteiger partial charge is 0.246 e. The van der Waals surface area contributed by atoms with Crippen molar-refractivity contribution in [1.82, 2.24) is 31.9 Å². The van der Waals surface area contributed by atoms with Gasteiger partial charge in [-0.1, -0.05) is 76.4 Å². The standard InChI is InChI=1S/C54H76FN7O10/c1-8-11-15-22-71-32-50(68)58-27-47(65)57-29-49(67)61-46(25-37-17-13-12-14-18-37)54(69)59-28-48(66)60-33-72-23-21-56-44-20-19-39-35(5)43(55)26-45-51(39)52(44)40(16-9-2)53(62-45)34(4)24-41(38(10-3)30-63)42(31-70-7)36(6)64/h12-14,17-18,24,26,30,38,44,46,53,56,62H,8-11,15-16,19-23,25,27-29,31-33H2,1-7H3,(H,57,65)(H,58,68)(H,59,69)(H,60,66)(H,61,67)/b34-24+,42-41+. The van der Waals surface area contributed by atoms with Crippen LogP contribution in [0, 0.1) is 18.7 Å². The van der Waals surface area contributed by atoms with Crippen molar-refractivity contribution in [2.45, 2.75) is 117 Å². The molecule has 1 heterocycles. The topological polar surface area (TPSA) is 231 Å². The number of ether oxygens (including phenoxy) is 3. The lowest BCUT2D eigenvalue weighted by Gasteiger charge is -2.41. The number of anilines is 1. The van der Waals surface area contributed by atoms with Crippen molar-refractivity contribution < 1.29 is 52.2 Å². The molecule has 394 valence electrons. The first-order valence-electron chi connectivity index (χ1n) is 25.2.